The molecule has 9 heteroatoms. The molecule has 39 heavy (non-hydrogen) atoms. The van der Waals surface area contributed by atoms with Crippen molar-refractivity contribution in [3.63, 3.8) is 0 Å². The first kappa shape index (κ1) is 25.6. The van der Waals surface area contributed by atoms with Gasteiger partial charge in [0, 0.05) is 26.5 Å². The highest BCUT2D eigenvalue weighted by molar-refractivity contribution is 7.91. The van der Waals surface area contributed by atoms with Crippen molar-refractivity contribution < 1.29 is 16.8 Å². The topological polar surface area (TPSA) is 73.2 Å². The summed E-state index contributed by atoms with van der Waals surface area (Å²) in [6.45, 7) is 0. The van der Waals surface area contributed by atoms with Crippen LogP contribution in [0.3, 0.4) is 0 Å². The molecular weight excluding hydrogens is 573 g/mol. The molecule has 0 atom stereocenters. The fourth-order valence-electron chi connectivity index (χ4n) is 4.67. The summed E-state index contributed by atoms with van der Waals surface area (Å²) >= 11 is 11.9. The summed E-state index contributed by atoms with van der Waals surface area (Å²) < 4.78 is 55.9. The molecule has 0 spiro atoms. The Morgan fingerprint density at radius 2 is 0.846 bits per heavy atom. The monoisotopic (exact) mass is 591 g/mol. The molecule has 0 aliphatic rings. The van der Waals surface area contributed by atoms with Gasteiger partial charge in [-0.25, -0.2) is 16.8 Å². The number of nitrogens with zero attached hydrogens (tertiary/aromatic N) is 1. The Balaban J connectivity index is 1.62. The van der Waals surface area contributed by atoms with Gasteiger partial charge in [0.1, 0.15) is 0 Å². The Bertz CT molecular complexity index is 1950. The average Bonchev–Trinajstić information content (AvgIpc) is 3.27. The fourth-order valence-corrected chi connectivity index (χ4v) is 7.50. The second-order valence-electron chi connectivity index (χ2n) is 8.94. The van der Waals surface area contributed by atoms with Crippen LogP contribution in [0.5, 0.6) is 0 Å². The number of halogens is 2. The molecule has 0 fully saturated rings. The second kappa shape index (κ2) is 9.54. The van der Waals surface area contributed by atoms with Gasteiger partial charge in [-0.15, -0.1) is 0 Å². The zero-order valence-corrected chi connectivity index (χ0v) is 23.3. The van der Waals surface area contributed by atoms with Gasteiger partial charge in [0.05, 0.1) is 30.6 Å². The van der Waals surface area contributed by atoms with Crippen molar-refractivity contribution in [2.24, 2.45) is 0 Å². The predicted octanol–water partition coefficient (Wildman–Crippen LogP) is 7.76. The standard InChI is InChI=1S/C30H19Cl2NO4S2/c31-20-6-10-23(11-7-20)38(34,35)25-14-16-29-27(18-25)28-19-26(39(36,37)24-12-8-21(32)9-13-24)15-17-30(28)33(29)22-4-2-1-3-5-22/h1-19H. The molecule has 0 N–H and O–H groups in total. The van der Waals surface area contributed by atoms with Crippen molar-refractivity contribution in [3.05, 3.63) is 125 Å². The third-order valence-electron chi connectivity index (χ3n) is 6.59. The molecule has 1 heterocycles. The quantitative estimate of drug-likeness (QED) is 0.205. The lowest BCUT2D eigenvalue weighted by Gasteiger charge is -2.09. The summed E-state index contributed by atoms with van der Waals surface area (Å²) in [4.78, 5) is 0.416. The van der Waals surface area contributed by atoms with Crippen LogP contribution in [0.25, 0.3) is 27.5 Å². The van der Waals surface area contributed by atoms with E-state index in [9.17, 15) is 16.8 Å². The van der Waals surface area contributed by atoms with Gasteiger partial charge >= 0.3 is 0 Å². The van der Waals surface area contributed by atoms with Crippen LogP contribution in [0.2, 0.25) is 10.0 Å². The summed E-state index contributed by atoms with van der Waals surface area (Å²) in [6.07, 6.45) is 0. The molecule has 5 aromatic carbocycles. The van der Waals surface area contributed by atoms with E-state index in [1.807, 2.05) is 34.9 Å². The lowest BCUT2D eigenvalue weighted by Crippen LogP contribution is -2.02. The lowest BCUT2D eigenvalue weighted by molar-refractivity contribution is 0.594. The van der Waals surface area contributed by atoms with E-state index in [2.05, 4.69) is 0 Å². The van der Waals surface area contributed by atoms with Crippen LogP contribution in [0.15, 0.2) is 135 Å². The van der Waals surface area contributed by atoms with Gasteiger partial charge in [0.15, 0.2) is 0 Å². The van der Waals surface area contributed by atoms with E-state index in [0.717, 1.165) is 16.7 Å². The number of aromatic nitrogens is 1. The first-order chi connectivity index (χ1) is 18.7. The number of sulfone groups is 2. The first-order valence-corrected chi connectivity index (χ1v) is 15.5. The van der Waals surface area contributed by atoms with E-state index in [0.29, 0.717) is 20.8 Å². The Morgan fingerprint density at radius 1 is 0.462 bits per heavy atom. The van der Waals surface area contributed by atoms with Crippen LogP contribution < -0.4 is 0 Å². The minimum atomic E-state index is -3.86. The number of benzene rings is 5. The molecule has 5 nitrogen and oxygen atoms in total. The maximum Gasteiger partial charge on any atom is 0.206 e. The van der Waals surface area contributed by atoms with Gasteiger partial charge in [-0.2, -0.15) is 0 Å². The van der Waals surface area contributed by atoms with E-state index in [1.54, 1.807) is 36.4 Å². The third kappa shape index (κ3) is 4.41. The molecule has 0 unspecified atom stereocenters. The first-order valence-electron chi connectivity index (χ1n) is 11.8. The van der Waals surface area contributed by atoms with Gasteiger partial charge in [-0.3, -0.25) is 0 Å². The molecule has 0 amide bonds. The molecular formula is C30H19Cl2NO4S2. The lowest BCUT2D eigenvalue weighted by atomic mass is 10.1. The van der Waals surface area contributed by atoms with Crippen LogP contribution >= 0.6 is 23.2 Å². The molecule has 0 saturated heterocycles. The highest BCUT2D eigenvalue weighted by Gasteiger charge is 2.23. The molecule has 0 saturated carbocycles. The molecule has 0 radical (unpaired) electrons. The third-order valence-corrected chi connectivity index (χ3v) is 10.6. The molecule has 6 aromatic rings. The molecule has 0 aliphatic heterocycles. The van der Waals surface area contributed by atoms with Gasteiger partial charge in [0.25, 0.3) is 0 Å². The van der Waals surface area contributed by atoms with Crippen molar-refractivity contribution >= 4 is 64.7 Å². The summed E-state index contributed by atoms with van der Waals surface area (Å²) in [7, 11) is -7.71. The number of hydrogen-bond donors (Lipinski definition) is 0. The smallest absolute Gasteiger partial charge is 0.206 e. The number of fused-ring (bicyclic) bond motifs is 3. The SMILES string of the molecule is O=S(=O)(c1ccc(Cl)cc1)c1ccc2c(c1)c1cc(S(=O)(=O)c3ccc(Cl)cc3)ccc1n2-c1ccccc1. The van der Waals surface area contributed by atoms with E-state index in [-0.39, 0.29) is 19.6 Å². The zero-order chi connectivity index (χ0) is 27.4. The molecule has 0 bridgehead atoms. The minimum Gasteiger partial charge on any atom is -0.309 e. The maximum atomic E-state index is 13.5. The van der Waals surface area contributed by atoms with Gasteiger partial charge < -0.3 is 4.57 Å². The van der Waals surface area contributed by atoms with Crippen molar-refractivity contribution in [1.82, 2.24) is 4.57 Å². The fraction of sp³-hybridized carbons (Fsp3) is 0. The Morgan fingerprint density at radius 3 is 1.26 bits per heavy atom. The van der Waals surface area contributed by atoms with Crippen LogP contribution in [0, 0.1) is 0 Å². The summed E-state index contributed by atoms with van der Waals surface area (Å²) in [5, 5.41) is 2.09. The predicted molar refractivity (Wildman–Crippen MR) is 155 cm³/mol. The number of rotatable bonds is 5. The van der Waals surface area contributed by atoms with Gasteiger partial charge in [0.2, 0.25) is 19.7 Å². The highest BCUT2D eigenvalue weighted by Crippen LogP contribution is 2.37. The van der Waals surface area contributed by atoms with Crippen molar-refractivity contribution in [2.45, 2.75) is 19.6 Å². The van der Waals surface area contributed by atoms with Gasteiger partial charge in [-0.05, 0) is 97.1 Å². The van der Waals surface area contributed by atoms with Crippen molar-refractivity contribution in [3.8, 4) is 5.69 Å². The highest BCUT2D eigenvalue weighted by atomic mass is 35.5. The van der Waals surface area contributed by atoms with Crippen LogP contribution in [0.4, 0.5) is 0 Å². The van der Waals surface area contributed by atoms with E-state index < -0.39 is 19.7 Å². The molecule has 1 aromatic heterocycles. The summed E-state index contributed by atoms with van der Waals surface area (Å²) in [5.74, 6) is 0. The van der Waals surface area contributed by atoms with E-state index >= 15 is 0 Å². The number of para-hydroxylation sites is 1. The van der Waals surface area contributed by atoms with Crippen molar-refractivity contribution in [1.29, 1.82) is 0 Å². The molecule has 0 aliphatic carbocycles. The van der Waals surface area contributed by atoms with E-state index in [1.165, 1.54) is 48.5 Å². The normalized spacial score (nSPS) is 12.3. The summed E-state index contributed by atoms with van der Waals surface area (Å²) in [5.41, 5.74) is 2.35. The maximum absolute atomic E-state index is 13.5. The summed E-state index contributed by atoms with van der Waals surface area (Å²) in [6, 6.07) is 31.4. The van der Waals surface area contributed by atoms with Crippen LogP contribution in [-0.4, -0.2) is 21.4 Å². The van der Waals surface area contributed by atoms with Crippen molar-refractivity contribution in [2.75, 3.05) is 0 Å². The van der Waals surface area contributed by atoms with Gasteiger partial charge in [-0.1, -0.05) is 41.4 Å². The molecule has 194 valence electrons. The second-order valence-corrected chi connectivity index (χ2v) is 13.7. The van der Waals surface area contributed by atoms with Crippen LogP contribution in [-0.2, 0) is 19.7 Å². The van der Waals surface area contributed by atoms with Crippen LogP contribution in [0.1, 0.15) is 0 Å². The minimum absolute atomic E-state index is 0.0930. The Hall–Kier alpha value is -3.62. The Labute approximate surface area is 235 Å². The molecule has 6 rings (SSSR count). The number of hydrogen-bond acceptors (Lipinski definition) is 4. The average molecular weight is 593 g/mol. The van der Waals surface area contributed by atoms with E-state index in [4.69, 9.17) is 23.2 Å². The zero-order valence-electron chi connectivity index (χ0n) is 20.1. The largest absolute Gasteiger partial charge is 0.309 e. The Kier molecular flexibility index (Phi) is 6.27.